The van der Waals surface area contributed by atoms with Gasteiger partial charge in [-0.15, -0.1) is 0 Å². The van der Waals surface area contributed by atoms with Crippen LogP contribution in [-0.2, 0) is 14.3 Å². The highest BCUT2D eigenvalue weighted by Crippen LogP contribution is 2.33. The predicted molar refractivity (Wildman–Crippen MR) is 89.1 cm³/mol. The number of amides is 1. The third-order valence-corrected chi connectivity index (χ3v) is 4.48. The zero-order valence-electron chi connectivity index (χ0n) is 14.3. The smallest absolute Gasteiger partial charge is 0.331 e. The number of hydrogen-bond donors (Lipinski definition) is 1. The number of esters is 1. The summed E-state index contributed by atoms with van der Waals surface area (Å²) in [5.74, 6) is -0.209. The topological polar surface area (TPSA) is 108 Å². The van der Waals surface area contributed by atoms with Gasteiger partial charge in [0.15, 0.2) is 6.61 Å². The first-order chi connectivity index (χ1) is 11.9. The lowest BCUT2D eigenvalue weighted by Crippen LogP contribution is -2.57. The number of benzene rings is 1. The molecule has 1 amide bonds. The first kappa shape index (κ1) is 18.7. The highest BCUT2D eigenvalue weighted by Gasteiger charge is 2.43. The van der Waals surface area contributed by atoms with Crippen molar-refractivity contribution in [2.75, 3.05) is 13.7 Å². The van der Waals surface area contributed by atoms with E-state index in [0.717, 1.165) is 12.8 Å². The molecule has 0 radical (unpaired) electrons. The Hall–Kier alpha value is -2.64. The Morgan fingerprint density at radius 1 is 1.36 bits per heavy atom. The first-order valence-corrected chi connectivity index (χ1v) is 8.13. The van der Waals surface area contributed by atoms with Crippen LogP contribution in [0, 0.1) is 16.0 Å². The van der Waals surface area contributed by atoms with Crippen LogP contribution in [0.25, 0.3) is 0 Å². The summed E-state index contributed by atoms with van der Waals surface area (Å²) in [6.45, 7) is 1.77. The summed E-state index contributed by atoms with van der Waals surface area (Å²) in [5.41, 5.74) is -1.14. The Balaban J connectivity index is 1.98. The fourth-order valence-electron chi connectivity index (χ4n) is 2.97. The van der Waals surface area contributed by atoms with Gasteiger partial charge >= 0.3 is 5.97 Å². The Morgan fingerprint density at radius 2 is 2.04 bits per heavy atom. The average molecular weight is 350 g/mol. The van der Waals surface area contributed by atoms with Crippen molar-refractivity contribution in [2.45, 2.75) is 38.1 Å². The Kier molecular flexibility index (Phi) is 5.95. The van der Waals surface area contributed by atoms with E-state index in [0.29, 0.717) is 18.8 Å². The second kappa shape index (κ2) is 7.96. The summed E-state index contributed by atoms with van der Waals surface area (Å²) in [6, 6.07) is 5.58. The van der Waals surface area contributed by atoms with Gasteiger partial charge < -0.3 is 14.8 Å². The molecule has 136 valence electrons. The molecule has 2 rings (SSSR count). The Labute approximate surface area is 145 Å². The van der Waals surface area contributed by atoms with Gasteiger partial charge in [-0.05, 0) is 37.7 Å². The highest BCUT2D eigenvalue weighted by molar-refractivity contribution is 5.88. The molecule has 0 aromatic heterocycles. The molecule has 1 fully saturated rings. The molecule has 1 aromatic rings. The molecule has 8 nitrogen and oxygen atoms in total. The number of carbonyl (C=O) groups is 2. The van der Waals surface area contributed by atoms with Crippen molar-refractivity contribution >= 4 is 17.6 Å². The number of ether oxygens (including phenoxy) is 2. The predicted octanol–water partition coefficient (Wildman–Crippen LogP) is 2.21. The number of hydrogen-bond acceptors (Lipinski definition) is 6. The lowest BCUT2D eigenvalue weighted by Gasteiger charge is -2.37. The van der Waals surface area contributed by atoms with Gasteiger partial charge in [0.2, 0.25) is 0 Å². The van der Waals surface area contributed by atoms with Gasteiger partial charge in [-0.2, -0.15) is 0 Å². The molecule has 0 spiro atoms. The number of nitrogens with zero attached hydrogens (tertiary/aromatic N) is 1. The third kappa shape index (κ3) is 4.68. The molecule has 0 atom stereocenters. The molecule has 1 aliphatic rings. The number of methoxy groups -OCH3 is 1. The largest absolute Gasteiger partial charge is 0.484 e. The lowest BCUT2D eigenvalue weighted by molar-refractivity contribution is -0.384. The molecule has 1 aromatic carbocycles. The minimum absolute atomic E-state index is 0.120. The van der Waals surface area contributed by atoms with Gasteiger partial charge in [0, 0.05) is 6.07 Å². The molecule has 8 heteroatoms. The van der Waals surface area contributed by atoms with E-state index in [4.69, 9.17) is 9.47 Å². The van der Waals surface area contributed by atoms with Crippen LogP contribution in [0.3, 0.4) is 0 Å². The number of nitro benzene ring substituents is 1. The van der Waals surface area contributed by atoms with Crippen molar-refractivity contribution in [1.82, 2.24) is 5.32 Å². The molecular weight excluding hydrogens is 328 g/mol. The van der Waals surface area contributed by atoms with Crippen LogP contribution in [0.5, 0.6) is 5.75 Å². The van der Waals surface area contributed by atoms with Crippen molar-refractivity contribution in [3.8, 4) is 5.75 Å². The number of rotatable bonds is 6. The van der Waals surface area contributed by atoms with Crippen molar-refractivity contribution in [3.05, 3.63) is 34.4 Å². The summed E-state index contributed by atoms with van der Waals surface area (Å²) in [4.78, 5) is 34.6. The summed E-state index contributed by atoms with van der Waals surface area (Å²) in [7, 11) is 1.30. The standard InChI is InChI=1S/C17H22N2O6/c1-12-6-8-17(9-7-12,16(21)24-2)18-15(20)11-25-14-5-3-4-13(10-14)19(22)23/h3-5,10,12H,6-9,11H2,1-2H3,(H,18,20). The molecule has 1 N–H and O–H groups in total. The minimum atomic E-state index is -1.02. The van der Waals surface area contributed by atoms with Crippen LogP contribution >= 0.6 is 0 Å². The summed E-state index contributed by atoms with van der Waals surface area (Å²) >= 11 is 0. The van der Waals surface area contributed by atoms with Gasteiger partial charge in [0.05, 0.1) is 18.1 Å². The van der Waals surface area contributed by atoms with Gasteiger partial charge in [-0.25, -0.2) is 4.79 Å². The normalized spacial score (nSPS) is 22.7. The summed E-state index contributed by atoms with van der Waals surface area (Å²) < 4.78 is 10.2. The van der Waals surface area contributed by atoms with Crippen LogP contribution in [-0.4, -0.2) is 36.1 Å². The maximum atomic E-state index is 12.2. The summed E-state index contributed by atoms with van der Waals surface area (Å²) in [5, 5.41) is 13.5. The lowest BCUT2D eigenvalue weighted by atomic mass is 9.77. The van der Waals surface area contributed by atoms with Gasteiger partial charge in [-0.3, -0.25) is 14.9 Å². The number of nitrogens with one attached hydrogen (secondary N) is 1. The molecule has 0 aliphatic heterocycles. The SMILES string of the molecule is COC(=O)C1(NC(=O)COc2cccc([N+](=O)[O-])c2)CCC(C)CC1. The van der Waals surface area contributed by atoms with Crippen molar-refractivity contribution in [2.24, 2.45) is 5.92 Å². The van der Waals surface area contributed by atoms with E-state index in [9.17, 15) is 19.7 Å². The van der Waals surface area contributed by atoms with E-state index in [1.54, 1.807) is 0 Å². The fraction of sp³-hybridized carbons (Fsp3) is 0.529. The Morgan fingerprint density at radius 3 is 2.64 bits per heavy atom. The average Bonchev–Trinajstić information content (AvgIpc) is 2.61. The van der Waals surface area contributed by atoms with Crippen LogP contribution in [0.15, 0.2) is 24.3 Å². The monoisotopic (exact) mass is 350 g/mol. The van der Waals surface area contributed by atoms with Crippen LogP contribution in [0.2, 0.25) is 0 Å². The molecular formula is C17H22N2O6. The fourth-order valence-corrected chi connectivity index (χ4v) is 2.97. The van der Waals surface area contributed by atoms with Gasteiger partial charge in [0.1, 0.15) is 11.3 Å². The van der Waals surface area contributed by atoms with E-state index >= 15 is 0 Å². The van der Waals surface area contributed by atoms with E-state index in [1.165, 1.54) is 31.4 Å². The zero-order chi connectivity index (χ0) is 18.4. The second-order valence-electron chi connectivity index (χ2n) is 6.35. The van der Waals surface area contributed by atoms with E-state index < -0.39 is 22.3 Å². The van der Waals surface area contributed by atoms with E-state index in [2.05, 4.69) is 12.2 Å². The summed E-state index contributed by atoms with van der Waals surface area (Å²) in [6.07, 6.45) is 2.68. The van der Waals surface area contributed by atoms with Crippen LogP contribution in [0.4, 0.5) is 5.69 Å². The molecule has 0 bridgehead atoms. The molecule has 25 heavy (non-hydrogen) atoms. The van der Waals surface area contributed by atoms with Crippen molar-refractivity contribution in [3.63, 3.8) is 0 Å². The van der Waals surface area contributed by atoms with Crippen molar-refractivity contribution in [1.29, 1.82) is 0 Å². The van der Waals surface area contributed by atoms with E-state index in [-0.39, 0.29) is 18.0 Å². The maximum absolute atomic E-state index is 12.2. The molecule has 0 heterocycles. The number of carbonyl (C=O) groups excluding carboxylic acids is 2. The molecule has 0 saturated heterocycles. The second-order valence-corrected chi connectivity index (χ2v) is 6.35. The van der Waals surface area contributed by atoms with Gasteiger partial charge in [-0.1, -0.05) is 13.0 Å². The molecule has 1 saturated carbocycles. The highest BCUT2D eigenvalue weighted by atomic mass is 16.6. The minimum Gasteiger partial charge on any atom is -0.484 e. The number of non-ortho nitro benzene ring substituents is 1. The van der Waals surface area contributed by atoms with E-state index in [1.807, 2.05) is 0 Å². The quantitative estimate of drug-likeness (QED) is 0.479. The zero-order valence-corrected chi connectivity index (χ0v) is 14.3. The van der Waals surface area contributed by atoms with Crippen LogP contribution in [0.1, 0.15) is 32.6 Å². The van der Waals surface area contributed by atoms with Crippen molar-refractivity contribution < 1.29 is 24.0 Å². The molecule has 0 unspecified atom stereocenters. The molecule has 1 aliphatic carbocycles. The third-order valence-electron chi connectivity index (χ3n) is 4.48. The first-order valence-electron chi connectivity index (χ1n) is 8.13. The number of nitro groups is 1. The van der Waals surface area contributed by atoms with Gasteiger partial charge in [0.25, 0.3) is 11.6 Å². The Bertz CT molecular complexity index is 652. The maximum Gasteiger partial charge on any atom is 0.331 e. The van der Waals surface area contributed by atoms with Crippen LogP contribution < -0.4 is 10.1 Å².